The number of ether oxygens (including phenoxy) is 1. The molecule has 2 atom stereocenters. The summed E-state index contributed by atoms with van der Waals surface area (Å²) in [5.74, 6) is -0.445. The van der Waals surface area contributed by atoms with E-state index in [0.29, 0.717) is 11.3 Å². The van der Waals surface area contributed by atoms with Crippen molar-refractivity contribution < 1.29 is 24.5 Å². The zero-order chi connectivity index (χ0) is 14.9. The van der Waals surface area contributed by atoms with Crippen LogP contribution in [0.4, 0.5) is 0 Å². The van der Waals surface area contributed by atoms with Gasteiger partial charge in [0.1, 0.15) is 22.9 Å². The lowest BCUT2D eigenvalue weighted by atomic mass is 10.1. The maximum Gasteiger partial charge on any atom is 0.329 e. The SMILES string of the molecule is COC(=O)C1CSC(c2cc(O)ccc2O)N1C(C)=O. The largest absolute Gasteiger partial charge is 0.508 e. The third kappa shape index (κ3) is 2.53. The van der Waals surface area contributed by atoms with Crippen molar-refractivity contribution in [3.05, 3.63) is 23.8 Å². The molecule has 2 N–H and O–H groups in total. The molecule has 0 radical (unpaired) electrons. The minimum absolute atomic E-state index is 0.0107. The Kier molecular flexibility index (Phi) is 4.08. The molecule has 2 unspecified atom stereocenters. The number of hydrogen-bond donors (Lipinski definition) is 2. The molecule has 1 aromatic carbocycles. The van der Waals surface area contributed by atoms with Gasteiger partial charge in [0.05, 0.1) is 7.11 Å². The van der Waals surface area contributed by atoms with Crippen molar-refractivity contribution >= 4 is 23.6 Å². The minimum Gasteiger partial charge on any atom is -0.508 e. The summed E-state index contributed by atoms with van der Waals surface area (Å²) < 4.78 is 4.69. The van der Waals surface area contributed by atoms with E-state index < -0.39 is 17.4 Å². The summed E-state index contributed by atoms with van der Waals surface area (Å²) in [6, 6.07) is 3.42. The van der Waals surface area contributed by atoms with Crippen molar-refractivity contribution in [2.45, 2.75) is 18.3 Å². The molecule has 108 valence electrons. The minimum atomic E-state index is -0.686. The molecule has 1 aromatic rings. The number of carbonyl (C=O) groups excluding carboxylic acids is 2. The highest BCUT2D eigenvalue weighted by Crippen LogP contribution is 2.45. The molecule has 0 bridgehead atoms. The normalized spacial score (nSPS) is 21.8. The molecule has 0 spiro atoms. The molecule has 0 saturated carbocycles. The number of amides is 1. The number of methoxy groups -OCH3 is 1. The average Bonchev–Trinajstić information content (AvgIpc) is 2.85. The molecule has 1 aliphatic rings. The van der Waals surface area contributed by atoms with Crippen molar-refractivity contribution in [3.8, 4) is 11.5 Å². The van der Waals surface area contributed by atoms with Gasteiger partial charge in [-0.1, -0.05) is 0 Å². The Morgan fingerprint density at radius 2 is 2.10 bits per heavy atom. The Balaban J connectivity index is 2.39. The smallest absolute Gasteiger partial charge is 0.329 e. The first kappa shape index (κ1) is 14.5. The van der Waals surface area contributed by atoms with Gasteiger partial charge in [-0.25, -0.2) is 4.79 Å². The highest BCUT2D eigenvalue weighted by atomic mass is 32.2. The van der Waals surface area contributed by atoms with E-state index in [0.717, 1.165) is 0 Å². The van der Waals surface area contributed by atoms with Gasteiger partial charge in [0.2, 0.25) is 5.91 Å². The molecule has 0 aliphatic carbocycles. The molecule has 6 nitrogen and oxygen atoms in total. The molecular formula is C13H15NO5S. The van der Waals surface area contributed by atoms with Crippen molar-refractivity contribution in [3.63, 3.8) is 0 Å². The van der Waals surface area contributed by atoms with E-state index in [-0.39, 0.29) is 17.4 Å². The predicted molar refractivity (Wildman–Crippen MR) is 73.3 cm³/mol. The molecule has 0 aromatic heterocycles. The van der Waals surface area contributed by atoms with Crippen LogP contribution in [0.3, 0.4) is 0 Å². The Hall–Kier alpha value is -1.89. The van der Waals surface area contributed by atoms with Crippen LogP contribution in [-0.2, 0) is 14.3 Å². The van der Waals surface area contributed by atoms with Gasteiger partial charge in [0, 0.05) is 18.2 Å². The van der Waals surface area contributed by atoms with E-state index in [1.165, 1.54) is 48.9 Å². The van der Waals surface area contributed by atoms with Crippen LogP contribution in [0.1, 0.15) is 17.9 Å². The summed E-state index contributed by atoms with van der Waals surface area (Å²) in [6.07, 6.45) is 0. The lowest BCUT2D eigenvalue weighted by molar-refractivity contribution is -0.151. The van der Waals surface area contributed by atoms with Crippen LogP contribution < -0.4 is 0 Å². The summed E-state index contributed by atoms with van der Waals surface area (Å²) >= 11 is 1.34. The van der Waals surface area contributed by atoms with Crippen LogP contribution in [-0.4, -0.2) is 45.9 Å². The average molecular weight is 297 g/mol. The van der Waals surface area contributed by atoms with E-state index in [1.54, 1.807) is 0 Å². The highest BCUT2D eigenvalue weighted by Gasteiger charge is 2.42. The Labute approximate surface area is 120 Å². The zero-order valence-electron chi connectivity index (χ0n) is 11.1. The summed E-state index contributed by atoms with van der Waals surface area (Å²) in [7, 11) is 1.27. The Morgan fingerprint density at radius 1 is 1.40 bits per heavy atom. The van der Waals surface area contributed by atoms with Gasteiger partial charge in [-0.2, -0.15) is 0 Å². The van der Waals surface area contributed by atoms with Crippen LogP contribution in [0.15, 0.2) is 18.2 Å². The van der Waals surface area contributed by atoms with E-state index in [4.69, 9.17) is 4.74 Å². The van der Waals surface area contributed by atoms with Crippen LogP contribution in [0.2, 0.25) is 0 Å². The number of esters is 1. The number of nitrogens with zero attached hydrogens (tertiary/aromatic N) is 1. The number of thioether (sulfide) groups is 1. The van der Waals surface area contributed by atoms with Crippen LogP contribution in [0, 0.1) is 0 Å². The molecule has 1 fully saturated rings. The summed E-state index contributed by atoms with van der Waals surface area (Å²) in [4.78, 5) is 24.9. The molecule has 1 heterocycles. The van der Waals surface area contributed by atoms with E-state index >= 15 is 0 Å². The molecule has 2 rings (SSSR count). The lowest BCUT2D eigenvalue weighted by Gasteiger charge is -2.27. The van der Waals surface area contributed by atoms with Gasteiger partial charge in [0.25, 0.3) is 0 Å². The van der Waals surface area contributed by atoms with Gasteiger partial charge in [-0.15, -0.1) is 11.8 Å². The standard InChI is InChI=1S/C13H15NO5S/c1-7(15)14-10(13(18)19-2)6-20-12(14)9-5-8(16)3-4-11(9)17/h3-5,10,12,16-17H,6H2,1-2H3. The third-order valence-corrected chi connectivity index (χ3v) is 4.42. The number of phenols is 2. The first-order chi connectivity index (χ1) is 9.45. The maximum absolute atomic E-state index is 11.8. The first-order valence-electron chi connectivity index (χ1n) is 5.96. The highest BCUT2D eigenvalue weighted by molar-refractivity contribution is 7.99. The number of aromatic hydroxyl groups is 2. The number of rotatable bonds is 2. The number of benzene rings is 1. The Morgan fingerprint density at radius 3 is 2.70 bits per heavy atom. The molecule has 20 heavy (non-hydrogen) atoms. The predicted octanol–water partition coefficient (Wildman–Crippen LogP) is 1.23. The van der Waals surface area contributed by atoms with Gasteiger partial charge in [0.15, 0.2) is 0 Å². The van der Waals surface area contributed by atoms with Crippen molar-refractivity contribution in [1.29, 1.82) is 0 Å². The number of carbonyl (C=O) groups is 2. The molecule has 7 heteroatoms. The summed E-state index contributed by atoms with van der Waals surface area (Å²) in [5, 5.41) is 18.9. The number of phenolic OH excluding ortho intramolecular Hbond substituents is 2. The maximum atomic E-state index is 11.8. The number of hydrogen-bond acceptors (Lipinski definition) is 6. The third-order valence-electron chi connectivity index (χ3n) is 3.11. The van der Waals surface area contributed by atoms with Gasteiger partial charge in [-0.05, 0) is 18.2 Å². The fraction of sp³-hybridized carbons (Fsp3) is 0.385. The van der Waals surface area contributed by atoms with Crippen molar-refractivity contribution in [2.75, 3.05) is 12.9 Å². The second-order valence-corrected chi connectivity index (χ2v) is 5.51. The van der Waals surface area contributed by atoms with Crippen molar-refractivity contribution in [1.82, 2.24) is 4.90 Å². The molecule has 1 saturated heterocycles. The second kappa shape index (κ2) is 5.62. The molecular weight excluding hydrogens is 282 g/mol. The summed E-state index contributed by atoms with van der Waals surface area (Å²) in [5.41, 5.74) is 0.400. The van der Waals surface area contributed by atoms with Crippen molar-refractivity contribution in [2.24, 2.45) is 0 Å². The van der Waals surface area contributed by atoms with Crippen LogP contribution >= 0.6 is 11.8 Å². The van der Waals surface area contributed by atoms with Crippen LogP contribution in [0.25, 0.3) is 0 Å². The summed E-state index contributed by atoms with van der Waals surface area (Å²) in [6.45, 7) is 1.36. The molecule has 1 amide bonds. The van der Waals surface area contributed by atoms with E-state index in [9.17, 15) is 19.8 Å². The fourth-order valence-corrected chi connectivity index (χ4v) is 3.67. The first-order valence-corrected chi connectivity index (χ1v) is 7.00. The zero-order valence-corrected chi connectivity index (χ0v) is 11.9. The quantitative estimate of drug-likeness (QED) is 0.631. The fourth-order valence-electron chi connectivity index (χ4n) is 2.19. The van der Waals surface area contributed by atoms with Crippen LogP contribution in [0.5, 0.6) is 11.5 Å². The van der Waals surface area contributed by atoms with Gasteiger partial charge < -0.3 is 19.8 Å². The monoisotopic (exact) mass is 297 g/mol. The lowest BCUT2D eigenvalue weighted by Crippen LogP contribution is -2.42. The van der Waals surface area contributed by atoms with Gasteiger partial charge in [-0.3, -0.25) is 4.79 Å². The van der Waals surface area contributed by atoms with E-state index in [2.05, 4.69) is 0 Å². The van der Waals surface area contributed by atoms with E-state index in [1.807, 2.05) is 0 Å². The van der Waals surface area contributed by atoms with Gasteiger partial charge >= 0.3 is 5.97 Å². The topological polar surface area (TPSA) is 87.1 Å². The molecule has 1 aliphatic heterocycles. The second-order valence-electron chi connectivity index (χ2n) is 4.39. The Bertz CT molecular complexity index is 548.